The zero-order valence-electron chi connectivity index (χ0n) is 12.9. The van der Waals surface area contributed by atoms with E-state index in [9.17, 15) is 9.18 Å². The van der Waals surface area contributed by atoms with Crippen LogP contribution in [0.1, 0.15) is 13.3 Å². The molecular formula is C16H23FN2O3. The van der Waals surface area contributed by atoms with Crippen molar-refractivity contribution in [3.8, 4) is 5.75 Å². The summed E-state index contributed by atoms with van der Waals surface area (Å²) in [6, 6.07) is 6.12. The zero-order chi connectivity index (χ0) is 15.8. The number of nitrogens with one attached hydrogen (secondary N) is 1. The van der Waals surface area contributed by atoms with Crippen molar-refractivity contribution in [2.75, 3.05) is 39.4 Å². The normalized spacial score (nSPS) is 17.0. The van der Waals surface area contributed by atoms with Gasteiger partial charge in [0.25, 0.3) is 5.91 Å². The molecule has 0 bridgehead atoms. The van der Waals surface area contributed by atoms with Gasteiger partial charge in [-0.05, 0) is 18.6 Å². The van der Waals surface area contributed by atoms with Crippen LogP contribution in [0.15, 0.2) is 24.3 Å². The third kappa shape index (κ3) is 4.96. The van der Waals surface area contributed by atoms with Gasteiger partial charge in [0, 0.05) is 26.2 Å². The van der Waals surface area contributed by atoms with E-state index in [0.717, 1.165) is 32.8 Å². The van der Waals surface area contributed by atoms with Gasteiger partial charge in [-0.3, -0.25) is 9.69 Å². The molecule has 1 heterocycles. The van der Waals surface area contributed by atoms with Crippen LogP contribution in [0.2, 0.25) is 0 Å². The van der Waals surface area contributed by atoms with E-state index in [1.165, 1.54) is 12.1 Å². The minimum atomic E-state index is -0.679. The highest BCUT2D eigenvalue weighted by molar-refractivity contribution is 5.81. The fraction of sp³-hybridized carbons (Fsp3) is 0.562. The summed E-state index contributed by atoms with van der Waals surface area (Å²) < 4.78 is 24.3. The van der Waals surface area contributed by atoms with Gasteiger partial charge in [-0.1, -0.05) is 19.1 Å². The SMILES string of the molecule is CC[C@H](Oc1ccccc1F)C(=O)NCCN1CCOCC1. The van der Waals surface area contributed by atoms with Crippen molar-refractivity contribution in [2.45, 2.75) is 19.4 Å². The number of amides is 1. The Balaban J connectivity index is 1.77. The summed E-state index contributed by atoms with van der Waals surface area (Å²) >= 11 is 0. The Kier molecular flexibility index (Phi) is 6.61. The van der Waals surface area contributed by atoms with Crippen LogP contribution in [0.5, 0.6) is 5.75 Å². The number of hydrogen-bond acceptors (Lipinski definition) is 4. The molecule has 0 saturated carbocycles. The number of carbonyl (C=O) groups excluding carboxylic acids is 1. The molecule has 0 aliphatic carbocycles. The molecule has 1 N–H and O–H groups in total. The van der Waals surface area contributed by atoms with Crippen LogP contribution in [0.25, 0.3) is 0 Å². The molecule has 0 radical (unpaired) electrons. The quantitative estimate of drug-likeness (QED) is 0.828. The molecule has 1 aliphatic heterocycles. The third-order valence-corrected chi connectivity index (χ3v) is 3.60. The van der Waals surface area contributed by atoms with Gasteiger partial charge in [0.1, 0.15) is 0 Å². The van der Waals surface area contributed by atoms with Crippen LogP contribution in [-0.2, 0) is 9.53 Å². The van der Waals surface area contributed by atoms with Crippen molar-refractivity contribution in [1.29, 1.82) is 0 Å². The Morgan fingerprint density at radius 1 is 1.41 bits per heavy atom. The van der Waals surface area contributed by atoms with Crippen molar-refractivity contribution < 1.29 is 18.7 Å². The first kappa shape index (κ1) is 16.7. The molecule has 1 aromatic rings. The molecule has 122 valence electrons. The Bertz CT molecular complexity index is 478. The molecule has 0 unspecified atom stereocenters. The number of hydrogen-bond donors (Lipinski definition) is 1. The molecular weight excluding hydrogens is 287 g/mol. The molecule has 1 atom stereocenters. The van der Waals surface area contributed by atoms with E-state index < -0.39 is 11.9 Å². The number of morpholine rings is 1. The average molecular weight is 310 g/mol. The van der Waals surface area contributed by atoms with Gasteiger partial charge in [0.15, 0.2) is 17.7 Å². The maximum absolute atomic E-state index is 13.6. The van der Waals surface area contributed by atoms with Gasteiger partial charge >= 0.3 is 0 Å². The van der Waals surface area contributed by atoms with Crippen LogP contribution in [0.4, 0.5) is 4.39 Å². The molecule has 0 spiro atoms. The van der Waals surface area contributed by atoms with Crippen molar-refractivity contribution in [1.82, 2.24) is 10.2 Å². The predicted molar refractivity (Wildman–Crippen MR) is 81.4 cm³/mol. The molecule has 2 rings (SSSR count). The highest BCUT2D eigenvalue weighted by Gasteiger charge is 2.19. The predicted octanol–water partition coefficient (Wildman–Crippen LogP) is 1.43. The largest absolute Gasteiger partial charge is 0.478 e. The molecule has 1 saturated heterocycles. The Morgan fingerprint density at radius 3 is 2.82 bits per heavy atom. The lowest BCUT2D eigenvalue weighted by Gasteiger charge is -2.26. The number of rotatable bonds is 7. The topological polar surface area (TPSA) is 50.8 Å². The van der Waals surface area contributed by atoms with Crippen molar-refractivity contribution in [3.05, 3.63) is 30.1 Å². The first-order valence-electron chi connectivity index (χ1n) is 7.69. The molecule has 0 aromatic heterocycles. The van der Waals surface area contributed by atoms with E-state index in [0.29, 0.717) is 13.0 Å². The van der Waals surface area contributed by atoms with Gasteiger partial charge < -0.3 is 14.8 Å². The summed E-state index contributed by atoms with van der Waals surface area (Å²) in [7, 11) is 0. The number of halogens is 1. The summed E-state index contributed by atoms with van der Waals surface area (Å²) in [5.74, 6) is -0.557. The standard InChI is InChI=1S/C16H23FN2O3/c1-2-14(22-15-6-4-3-5-13(15)17)16(20)18-7-8-19-9-11-21-12-10-19/h3-6,14H,2,7-12H2,1H3,(H,18,20)/t14-/m0/s1. The number of nitrogens with zero attached hydrogens (tertiary/aromatic N) is 1. The lowest BCUT2D eigenvalue weighted by atomic mass is 10.2. The van der Waals surface area contributed by atoms with Crippen molar-refractivity contribution in [2.24, 2.45) is 0 Å². The summed E-state index contributed by atoms with van der Waals surface area (Å²) in [5.41, 5.74) is 0. The smallest absolute Gasteiger partial charge is 0.261 e. The van der Waals surface area contributed by atoms with E-state index in [-0.39, 0.29) is 11.7 Å². The highest BCUT2D eigenvalue weighted by Crippen LogP contribution is 2.18. The fourth-order valence-electron chi connectivity index (χ4n) is 2.29. The van der Waals surface area contributed by atoms with Gasteiger partial charge in [-0.15, -0.1) is 0 Å². The van der Waals surface area contributed by atoms with E-state index in [1.807, 2.05) is 6.92 Å². The minimum absolute atomic E-state index is 0.109. The lowest BCUT2D eigenvalue weighted by Crippen LogP contribution is -2.44. The van der Waals surface area contributed by atoms with Crippen LogP contribution in [-0.4, -0.2) is 56.3 Å². The first-order chi connectivity index (χ1) is 10.7. The Labute approximate surface area is 130 Å². The second-order valence-corrected chi connectivity index (χ2v) is 5.19. The van der Waals surface area contributed by atoms with Crippen molar-refractivity contribution >= 4 is 5.91 Å². The maximum atomic E-state index is 13.6. The molecule has 1 amide bonds. The number of benzene rings is 1. The summed E-state index contributed by atoms with van der Waals surface area (Å²) in [6.07, 6.45) is -0.195. The van der Waals surface area contributed by atoms with Gasteiger partial charge in [-0.2, -0.15) is 0 Å². The third-order valence-electron chi connectivity index (χ3n) is 3.60. The number of ether oxygens (including phenoxy) is 2. The molecule has 6 heteroatoms. The van der Waals surface area contributed by atoms with Crippen molar-refractivity contribution in [3.63, 3.8) is 0 Å². The van der Waals surface area contributed by atoms with Crippen LogP contribution in [0, 0.1) is 5.82 Å². The second kappa shape index (κ2) is 8.70. The van der Waals surface area contributed by atoms with E-state index in [1.54, 1.807) is 12.1 Å². The monoisotopic (exact) mass is 310 g/mol. The Morgan fingerprint density at radius 2 is 2.14 bits per heavy atom. The number of carbonyl (C=O) groups is 1. The zero-order valence-corrected chi connectivity index (χ0v) is 12.9. The van der Waals surface area contributed by atoms with E-state index >= 15 is 0 Å². The fourth-order valence-corrected chi connectivity index (χ4v) is 2.29. The van der Waals surface area contributed by atoms with Gasteiger partial charge in [0.05, 0.1) is 13.2 Å². The summed E-state index contributed by atoms with van der Waals surface area (Å²) in [4.78, 5) is 14.4. The van der Waals surface area contributed by atoms with Crippen LogP contribution >= 0.6 is 0 Å². The Hall–Kier alpha value is -1.66. The molecule has 5 nitrogen and oxygen atoms in total. The minimum Gasteiger partial charge on any atom is -0.478 e. The van der Waals surface area contributed by atoms with E-state index in [2.05, 4.69) is 10.2 Å². The lowest BCUT2D eigenvalue weighted by molar-refractivity contribution is -0.128. The average Bonchev–Trinajstić information content (AvgIpc) is 2.55. The number of para-hydroxylation sites is 1. The molecule has 1 aliphatic rings. The van der Waals surface area contributed by atoms with Gasteiger partial charge in [0.2, 0.25) is 0 Å². The highest BCUT2D eigenvalue weighted by atomic mass is 19.1. The molecule has 1 aromatic carbocycles. The van der Waals surface area contributed by atoms with E-state index in [4.69, 9.17) is 9.47 Å². The summed E-state index contributed by atoms with van der Waals surface area (Å²) in [5, 5.41) is 2.85. The molecule has 1 fully saturated rings. The van der Waals surface area contributed by atoms with Gasteiger partial charge in [-0.25, -0.2) is 4.39 Å². The molecule has 22 heavy (non-hydrogen) atoms. The second-order valence-electron chi connectivity index (χ2n) is 5.19. The maximum Gasteiger partial charge on any atom is 0.261 e. The summed E-state index contributed by atoms with van der Waals surface area (Å²) in [6.45, 7) is 6.43. The van der Waals surface area contributed by atoms with Crippen LogP contribution < -0.4 is 10.1 Å². The van der Waals surface area contributed by atoms with Crippen LogP contribution in [0.3, 0.4) is 0 Å². The first-order valence-corrected chi connectivity index (χ1v) is 7.69.